The van der Waals surface area contributed by atoms with Crippen LogP contribution in [0.25, 0.3) is 0 Å². The summed E-state index contributed by atoms with van der Waals surface area (Å²) >= 11 is 0. The number of carbonyl (C=O) groups excluding carboxylic acids is 2. The van der Waals surface area contributed by atoms with Crippen molar-refractivity contribution in [2.45, 2.75) is 13.0 Å². The molecule has 1 atom stereocenters. The zero-order chi connectivity index (χ0) is 13.1. The third-order valence-corrected chi connectivity index (χ3v) is 2.72. The average molecular weight is 251 g/mol. The Balaban J connectivity index is 1.99. The number of amides is 3. The molecule has 1 saturated heterocycles. The van der Waals surface area contributed by atoms with E-state index in [2.05, 4.69) is 10.6 Å². The van der Waals surface area contributed by atoms with Crippen LogP contribution in [0.5, 0.6) is 0 Å². The van der Waals surface area contributed by atoms with Crippen molar-refractivity contribution in [1.82, 2.24) is 10.2 Å². The van der Waals surface area contributed by atoms with Gasteiger partial charge in [-0.15, -0.1) is 0 Å². The van der Waals surface area contributed by atoms with E-state index in [9.17, 15) is 14.0 Å². The first kappa shape index (κ1) is 12.3. The van der Waals surface area contributed by atoms with Crippen LogP contribution in [0.15, 0.2) is 24.3 Å². The van der Waals surface area contributed by atoms with Crippen LogP contribution in [0, 0.1) is 5.82 Å². The standard InChI is InChI=1S/C12H14FN3O2/c1-8(11(17)16-7-6-14-12(16)18)15-10-4-2-9(13)3-5-10/h2-5,8,15H,6-7H2,1H3,(H,14,18). The van der Waals surface area contributed by atoms with Gasteiger partial charge in [0.2, 0.25) is 0 Å². The van der Waals surface area contributed by atoms with Crippen LogP contribution in [-0.2, 0) is 4.79 Å². The Kier molecular flexibility index (Phi) is 3.45. The highest BCUT2D eigenvalue weighted by atomic mass is 19.1. The lowest BCUT2D eigenvalue weighted by Crippen LogP contribution is -2.43. The van der Waals surface area contributed by atoms with Crippen LogP contribution >= 0.6 is 0 Å². The number of benzene rings is 1. The van der Waals surface area contributed by atoms with Crippen LogP contribution in [0.4, 0.5) is 14.9 Å². The van der Waals surface area contributed by atoms with Gasteiger partial charge in [0.25, 0.3) is 5.91 Å². The Labute approximate surface area is 104 Å². The maximum Gasteiger partial charge on any atom is 0.324 e. The summed E-state index contributed by atoms with van der Waals surface area (Å²) in [6.45, 7) is 2.53. The molecule has 0 aliphatic carbocycles. The number of hydrogen-bond donors (Lipinski definition) is 2. The van der Waals surface area contributed by atoms with E-state index in [1.54, 1.807) is 19.1 Å². The quantitative estimate of drug-likeness (QED) is 0.848. The summed E-state index contributed by atoms with van der Waals surface area (Å²) in [7, 11) is 0. The van der Waals surface area contributed by atoms with Crippen LogP contribution in [-0.4, -0.2) is 36.0 Å². The Bertz CT molecular complexity index is 461. The fourth-order valence-electron chi connectivity index (χ4n) is 1.77. The first-order valence-electron chi connectivity index (χ1n) is 5.69. The van der Waals surface area contributed by atoms with Crippen molar-refractivity contribution in [3.8, 4) is 0 Å². The minimum atomic E-state index is -0.542. The molecule has 2 rings (SSSR count). The number of hydrogen-bond acceptors (Lipinski definition) is 3. The van der Waals surface area contributed by atoms with Gasteiger partial charge in [-0.2, -0.15) is 0 Å². The van der Waals surface area contributed by atoms with Crippen LogP contribution < -0.4 is 10.6 Å². The minimum absolute atomic E-state index is 0.297. The SMILES string of the molecule is CC(Nc1ccc(F)cc1)C(=O)N1CCNC1=O. The highest BCUT2D eigenvalue weighted by molar-refractivity contribution is 5.99. The lowest BCUT2D eigenvalue weighted by molar-refractivity contribution is -0.128. The number of nitrogens with one attached hydrogen (secondary N) is 2. The summed E-state index contributed by atoms with van der Waals surface area (Å²) in [5.74, 6) is -0.632. The molecule has 1 aliphatic rings. The third-order valence-electron chi connectivity index (χ3n) is 2.72. The second kappa shape index (κ2) is 5.03. The topological polar surface area (TPSA) is 61.4 Å². The third kappa shape index (κ3) is 2.58. The van der Waals surface area contributed by atoms with Crippen LogP contribution in [0.1, 0.15) is 6.92 Å². The number of nitrogens with zero attached hydrogens (tertiary/aromatic N) is 1. The van der Waals surface area contributed by atoms with Gasteiger partial charge in [-0.05, 0) is 31.2 Å². The van der Waals surface area contributed by atoms with Crippen molar-refractivity contribution < 1.29 is 14.0 Å². The van der Waals surface area contributed by atoms with Gasteiger partial charge in [0.1, 0.15) is 11.9 Å². The first-order chi connectivity index (χ1) is 8.58. The molecule has 0 aromatic heterocycles. The van der Waals surface area contributed by atoms with Gasteiger partial charge in [0.15, 0.2) is 0 Å². The molecule has 1 heterocycles. The molecule has 0 spiro atoms. The van der Waals surface area contributed by atoms with Gasteiger partial charge < -0.3 is 10.6 Å². The smallest absolute Gasteiger partial charge is 0.324 e. The van der Waals surface area contributed by atoms with E-state index >= 15 is 0 Å². The molecule has 96 valence electrons. The summed E-state index contributed by atoms with van der Waals surface area (Å²) in [6.07, 6.45) is 0. The minimum Gasteiger partial charge on any atom is -0.374 e. The van der Waals surface area contributed by atoms with Crippen molar-refractivity contribution in [3.05, 3.63) is 30.1 Å². The van der Waals surface area contributed by atoms with Gasteiger partial charge in [-0.25, -0.2) is 9.18 Å². The summed E-state index contributed by atoms with van der Waals surface area (Å²) in [6, 6.07) is 4.79. The number of anilines is 1. The molecule has 1 aliphatic heterocycles. The molecule has 0 bridgehead atoms. The normalized spacial score (nSPS) is 16.3. The molecule has 0 saturated carbocycles. The molecule has 6 heteroatoms. The van der Waals surface area contributed by atoms with Crippen molar-refractivity contribution in [2.24, 2.45) is 0 Å². The zero-order valence-electron chi connectivity index (χ0n) is 9.94. The summed E-state index contributed by atoms with van der Waals surface area (Å²) < 4.78 is 12.7. The molecule has 18 heavy (non-hydrogen) atoms. The van der Waals surface area contributed by atoms with Crippen molar-refractivity contribution in [2.75, 3.05) is 18.4 Å². The molecule has 0 radical (unpaired) electrons. The fourth-order valence-corrected chi connectivity index (χ4v) is 1.77. The Morgan fingerprint density at radius 3 is 2.67 bits per heavy atom. The van der Waals surface area contributed by atoms with E-state index < -0.39 is 6.04 Å². The Morgan fingerprint density at radius 1 is 1.44 bits per heavy atom. The van der Waals surface area contributed by atoms with E-state index in [0.717, 1.165) is 0 Å². The molecule has 1 aromatic carbocycles. The maximum atomic E-state index is 12.7. The van der Waals surface area contributed by atoms with Gasteiger partial charge in [0, 0.05) is 18.8 Å². The molecule has 1 unspecified atom stereocenters. The van der Waals surface area contributed by atoms with Gasteiger partial charge in [-0.1, -0.05) is 0 Å². The molecular formula is C12H14FN3O2. The predicted octanol–water partition coefficient (Wildman–Crippen LogP) is 1.18. The lowest BCUT2D eigenvalue weighted by atomic mass is 10.2. The average Bonchev–Trinajstić information content (AvgIpc) is 2.77. The lowest BCUT2D eigenvalue weighted by Gasteiger charge is -2.19. The van der Waals surface area contributed by atoms with Crippen molar-refractivity contribution >= 4 is 17.6 Å². The van der Waals surface area contributed by atoms with E-state index in [0.29, 0.717) is 18.8 Å². The fraction of sp³-hybridized carbons (Fsp3) is 0.333. The number of carbonyl (C=O) groups is 2. The predicted molar refractivity (Wildman–Crippen MR) is 64.6 cm³/mol. The summed E-state index contributed by atoms with van der Waals surface area (Å²) in [5.41, 5.74) is 0.636. The number of rotatable bonds is 3. The van der Waals surface area contributed by atoms with E-state index in [1.807, 2.05) is 0 Å². The van der Waals surface area contributed by atoms with Gasteiger partial charge in [0.05, 0.1) is 0 Å². The van der Waals surface area contributed by atoms with Crippen molar-refractivity contribution in [1.29, 1.82) is 0 Å². The zero-order valence-corrected chi connectivity index (χ0v) is 9.94. The highest BCUT2D eigenvalue weighted by Gasteiger charge is 2.29. The van der Waals surface area contributed by atoms with Gasteiger partial charge in [-0.3, -0.25) is 9.69 Å². The van der Waals surface area contributed by atoms with Crippen LogP contribution in [0.2, 0.25) is 0 Å². The first-order valence-corrected chi connectivity index (χ1v) is 5.69. The summed E-state index contributed by atoms with van der Waals surface area (Å²) in [4.78, 5) is 24.5. The molecular weight excluding hydrogens is 237 g/mol. The van der Waals surface area contributed by atoms with Crippen molar-refractivity contribution in [3.63, 3.8) is 0 Å². The van der Waals surface area contributed by atoms with E-state index in [-0.39, 0.29) is 17.8 Å². The van der Waals surface area contributed by atoms with E-state index in [4.69, 9.17) is 0 Å². The molecule has 1 fully saturated rings. The molecule has 3 amide bonds. The monoisotopic (exact) mass is 251 g/mol. The number of urea groups is 1. The Hall–Kier alpha value is -2.11. The molecule has 2 N–H and O–H groups in total. The largest absolute Gasteiger partial charge is 0.374 e. The maximum absolute atomic E-state index is 12.7. The number of imide groups is 1. The van der Waals surface area contributed by atoms with Gasteiger partial charge >= 0.3 is 6.03 Å². The van der Waals surface area contributed by atoms with E-state index in [1.165, 1.54) is 17.0 Å². The molecule has 1 aromatic rings. The second-order valence-electron chi connectivity index (χ2n) is 4.09. The Morgan fingerprint density at radius 2 is 2.11 bits per heavy atom. The number of halogens is 1. The van der Waals surface area contributed by atoms with Crippen LogP contribution in [0.3, 0.4) is 0 Å². The molecule has 5 nitrogen and oxygen atoms in total. The highest BCUT2D eigenvalue weighted by Crippen LogP contribution is 2.11. The summed E-state index contributed by atoms with van der Waals surface area (Å²) in [5, 5.41) is 5.49. The second-order valence-corrected chi connectivity index (χ2v) is 4.09.